The molecule has 0 atom stereocenters. The van der Waals surface area contributed by atoms with E-state index in [1.807, 2.05) is 50.5 Å². The molecule has 0 saturated heterocycles. The highest BCUT2D eigenvalue weighted by Crippen LogP contribution is 2.33. The summed E-state index contributed by atoms with van der Waals surface area (Å²) < 4.78 is 7.77. The van der Waals surface area contributed by atoms with Gasteiger partial charge in [-0.05, 0) is 37.3 Å². The Kier molecular flexibility index (Phi) is 3.48. The van der Waals surface area contributed by atoms with E-state index in [0.29, 0.717) is 16.6 Å². The Morgan fingerprint density at radius 1 is 1.04 bits per heavy atom. The van der Waals surface area contributed by atoms with Crippen molar-refractivity contribution in [1.29, 1.82) is 0 Å². The van der Waals surface area contributed by atoms with Crippen molar-refractivity contribution in [3.05, 3.63) is 59.8 Å². The van der Waals surface area contributed by atoms with Crippen molar-refractivity contribution in [2.75, 3.05) is 0 Å². The molecule has 1 aromatic carbocycles. The number of halogens is 1. The molecule has 0 amide bonds. The normalized spacial score (nSPS) is 11.5. The molecule has 0 saturated carbocycles. The molecule has 5 aromatic rings. The number of nitrogens with zero attached hydrogens (tertiary/aromatic N) is 5. The Labute approximate surface area is 159 Å². The van der Waals surface area contributed by atoms with Gasteiger partial charge >= 0.3 is 0 Å². The van der Waals surface area contributed by atoms with Gasteiger partial charge in [-0.3, -0.25) is 9.67 Å². The highest BCUT2D eigenvalue weighted by Gasteiger charge is 2.15. The lowest BCUT2D eigenvalue weighted by Gasteiger charge is -2.05. The second kappa shape index (κ2) is 5.89. The smallest absolute Gasteiger partial charge is 0.229 e. The molecule has 6 nitrogen and oxygen atoms in total. The van der Waals surface area contributed by atoms with E-state index in [9.17, 15) is 0 Å². The van der Waals surface area contributed by atoms with Crippen LogP contribution < -0.4 is 0 Å². The maximum atomic E-state index is 6.11. The Morgan fingerprint density at radius 3 is 2.74 bits per heavy atom. The summed E-state index contributed by atoms with van der Waals surface area (Å²) >= 11 is 6.11. The molecule has 4 heterocycles. The van der Waals surface area contributed by atoms with Crippen molar-refractivity contribution in [3.63, 3.8) is 0 Å². The summed E-state index contributed by atoms with van der Waals surface area (Å²) in [6.07, 6.45) is 5.40. The van der Waals surface area contributed by atoms with E-state index in [2.05, 4.69) is 20.1 Å². The summed E-state index contributed by atoms with van der Waals surface area (Å²) in [7, 11) is 1.89. The molecule has 0 aliphatic heterocycles. The molecule has 0 radical (unpaired) electrons. The molecule has 0 aliphatic rings. The van der Waals surface area contributed by atoms with Crippen LogP contribution in [0.2, 0.25) is 5.15 Å². The van der Waals surface area contributed by atoms with Crippen molar-refractivity contribution in [1.82, 2.24) is 24.7 Å². The van der Waals surface area contributed by atoms with E-state index in [4.69, 9.17) is 16.0 Å². The van der Waals surface area contributed by atoms with Crippen LogP contribution in [0.25, 0.3) is 44.6 Å². The van der Waals surface area contributed by atoms with Crippen LogP contribution in [0.4, 0.5) is 0 Å². The Bertz CT molecular complexity index is 1320. The van der Waals surface area contributed by atoms with Gasteiger partial charge in [0.25, 0.3) is 0 Å². The van der Waals surface area contributed by atoms with Crippen LogP contribution in [0.15, 0.2) is 53.3 Å². The Balaban J connectivity index is 1.69. The van der Waals surface area contributed by atoms with E-state index in [-0.39, 0.29) is 0 Å². The zero-order valence-corrected chi connectivity index (χ0v) is 15.4. The van der Waals surface area contributed by atoms with Gasteiger partial charge < -0.3 is 4.42 Å². The van der Waals surface area contributed by atoms with E-state index in [1.165, 1.54) is 0 Å². The Morgan fingerprint density at radius 2 is 1.93 bits per heavy atom. The second-order valence-electron chi connectivity index (χ2n) is 6.39. The van der Waals surface area contributed by atoms with E-state index in [0.717, 1.165) is 38.8 Å². The summed E-state index contributed by atoms with van der Waals surface area (Å²) in [5.74, 6) is 0.503. The lowest BCUT2D eigenvalue weighted by molar-refractivity contribution is 0.620. The molecule has 0 spiro atoms. The highest BCUT2D eigenvalue weighted by atomic mass is 35.5. The molecule has 5 rings (SSSR count). The van der Waals surface area contributed by atoms with Crippen molar-refractivity contribution in [2.45, 2.75) is 6.92 Å². The number of oxazole rings is 1. The number of aryl methyl sites for hydroxylation is 2. The molecule has 0 aliphatic carbocycles. The number of fused-ring (bicyclic) bond motifs is 2. The average Bonchev–Trinajstić information content (AvgIpc) is 3.27. The number of rotatable bonds is 2. The fourth-order valence-electron chi connectivity index (χ4n) is 3.18. The van der Waals surface area contributed by atoms with Gasteiger partial charge in [-0.25, -0.2) is 9.97 Å². The minimum absolute atomic E-state index is 0.419. The maximum Gasteiger partial charge on any atom is 0.229 e. The van der Waals surface area contributed by atoms with Crippen molar-refractivity contribution >= 4 is 33.5 Å². The largest absolute Gasteiger partial charge is 0.436 e. The zero-order valence-electron chi connectivity index (χ0n) is 14.6. The minimum atomic E-state index is 0.419. The number of hydrogen-bond acceptors (Lipinski definition) is 5. The monoisotopic (exact) mass is 375 g/mol. The number of aromatic nitrogens is 5. The zero-order chi connectivity index (χ0) is 18.5. The summed E-state index contributed by atoms with van der Waals surface area (Å²) in [5, 5.41) is 6.70. The molecule has 0 unspecified atom stereocenters. The van der Waals surface area contributed by atoms with Gasteiger partial charge in [0.05, 0.1) is 11.3 Å². The van der Waals surface area contributed by atoms with Gasteiger partial charge in [-0.1, -0.05) is 11.6 Å². The lowest BCUT2D eigenvalue weighted by atomic mass is 10.1. The molecule has 27 heavy (non-hydrogen) atoms. The van der Waals surface area contributed by atoms with Gasteiger partial charge in [0, 0.05) is 47.7 Å². The first kappa shape index (κ1) is 16.0. The number of pyridine rings is 2. The summed E-state index contributed by atoms with van der Waals surface area (Å²) in [6, 6.07) is 9.65. The standard InChI is InChI=1S/C20H14ClN5O/c1-11-14-9-23-19(21)8-13(14)15(10-22-11)20-24-17-7-12(3-4-18(17)27-20)16-5-6-26(2)25-16/h3-10H,1-2H3. The maximum absolute atomic E-state index is 6.11. The lowest BCUT2D eigenvalue weighted by Crippen LogP contribution is -1.90. The summed E-state index contributed by atoms with van der Waals surface area (Å²) in [5.41, 5.74) is 5.02. The first-order valence-corrected chi connectivity index (χ1v) is 8.78. The Hall–Kier alpha value is -3.25. The van der Waals surface area contributed by atoms with Gasteiger partial charge in [0.15, 0.2) is 5.58 Å². The van der Waals surface area contributed by atoms with Gasteiger partial charge in [-0.2, -0.15) is 5.10 Å². The van der Waals surface area contributed by atoms with E-state index >= 15 is 0 Å². The SMILES string of the molecule is Cc1ncc(-c2nc3cc(-c4ccn(C)n4)ccc3o2)c2cc(Cl)ncc12. The number of benzene rings is 1. The first-order valence-electron chi connectivity index (χ1n) is 8.40. The third kappa shape index (κ3) is 2.65. The molecular weight excluding hydrogens is 362 g/mol. The summed E-state index contributed by atoms with van der Waals surface area (Å²) in [6.45, 7) is 1.94. The van der Waals surface area contributed by atoms with Gasteiger partial charge in [-0.15, -0.1) is 0 Å². The fourth-order valence-corrected chi connectivity index (χ4v) is 3.34. The van der Waals surface area contributed by atoms with Crippen LogP contribution in [0.1, 0.15) is 5.69 Å². The molecular formula is C20H14ClN5O. The molecule has 0 bridgehead atoms. The molecule has 7 heteroatoms. The van der Waals surface area contributed by atoms with Crippen molar-refractivity contribution in [2.24, 2.45) is 7.05 Å². The molecule has 132 valence electrons. The van der Waals surface area contributed by atoms with Crippen molar-refractivity contribution in [3.8, 4) is 22.7 Å². The number of hydrogen-bond donors (Lipinski definition) is 0. The topological polar surface area (TPSA) is 69.6 Å². The molecule has 0 fully saturated rings. The first-order chi connectivity index (χ1) is 13.1. The van der Waals surface area contributed by atoms with Gasteiger partial charge in [0.1, 0.15) is 10.7 Å². The predicted octanol–water partition coefficient (Wildman–Crippen LogP) is 4.80. The van der Waals surface area contributed by atoms with Gasteiger partial charge in [0.2, 0.25) is 5.89 Å². The third-order valence-corrected chi connectivity index (χ3v) is 4.77. The van der Waals surface area contributed by atoms with Crippen LogP contribution in [0.5, 0.6) is 0 Å². The second-order valence-corrected chi connectivity index (χ2v) is 6.77. The van der Waals surface area contributed by atoms with Crippen LogP contribution in [-0.2, 0) is 7.05 Å². The predicted molar refractivity (Wildman–Crippen MR) is 104 cm³/mol. The van der Waals surface area contributed by atoms with Crippen LogP contribution >= 0.6 is 11.6 Å². The van der Waals surface area contributed by atoms with E-state index in [1.54, 1.807) is 17.1 Å². The van der Waals surface area contributed by atoms with Crippen LogP contribution in [0.3, 0.4) is 0 Å². The third-order valence-electron chi connectivity index (χ3n) is 4.57. The summed E-state index contributed by atoms with van der Waals surface area (Å²) in [4.78, 5) is 13.3. The average molecular weight is 376 g/mol. The fraction of sp³-hybridized carbons (Fsp3) is 0.100. The van der Waals surface area contributed by atoms with Crippen LogP contribution in [0, 0.1) is 6.92 Å². The van der Waals surface area contributed by atoms with E-state index < -0.39 is 0 Å². The highest BCUT2D eigenvalue weighted by molar-refractivity contribution is 6.30. The minimum Gasteiger partial charge on any atom is -0.436 e. The quantitative estimate of drug-likeness (QED) is 0.414. The van der Waals surface area contributed by atoms with Crippen molar-refractivity contribution < 1.29 is 4.42 Å². The molecule has 4 aromatic heterocycles. The molecule has 0 N–H and O–H groups in total. The van der Waals surface area contributed by atoms with Crippen LogP contribution in [-0.4, -0.2) is 24.7 Å².